The van der Waals surface area contributed by atoms with E-state index in [1.807, 2.05) is 0 Å². The van der Waals surface area contributed by atoms with E-state index in [-0.39, 0.29) is 12.4 Å². The molecule has 2 rings (SSSR count). The van der Waals surface area contributed by atoms with Crippen LogP contribution < -0.4 is 5.32 Å². The predicted octanol–water partition coefficient (Wildman–Crippen LogP) is 4.40. The van der Waals surface area contributed by atoms with Crippen molar-refractivity contribution >= 4 is 12.4 Å². The minimum atomic E-state index is 0. The van der Waals surface area contributed by atoms with Crippen LogP contribution in [0.1, 0.15) is 43.2 Å². The highest BCUT2D eigenvalue weighted by molar-refractivity contribution is 5.85. The SMILES string of the molecule is Cc1ccc(CNCCC2=CCCCC2)cc1.Cl. The van der Waals surface area contributed by atoms with E-state index in [1.165, 1.54) is 43.2 Å². The lowest BCUT2D eigenvalue weighted by atomic mass is 9.97. The number of halogens is 1. The van der Waals surface area contributed by atoms with Gasteiger partial charge in [-0.2, -0.15) is 0 Å². The number of hydrogen-bond acceptors (Lipinski definition) is 1. The van der Waals surface area contributed by atoms with Crippen LogP contribution in [0.15, 0.2) is 35.9 Å². The van der Waals surface area contributed by atoms with Gasteiger partial charge in [0.15, 0.2) is 0 Å². The average Bonchev–Trinajstić information content (AvgIpc) is 2.38. The Morgan fingerprint density at radius 1 is 1.11 bits per heavy atom. The first-order chi connectivity index (χ1) is 8.34. The lowest BCUT2D eigenvalue weighted by molar-refractivity contribution is 0.632. The van der Waals surface area contributed by atoms with Crippen LogP contribution in [0.25, 0.3) is 0 Å². The van der Waals surface area contributed by atoms with Crippen molar-refractivity contribution in [3.8, 4) is 0 Å². The second-order valence-corrected chi connectivity index (χ2v) is 5.02. The largest absolute Gasteiger partial charge is 0.312 e. The maximum absolute atomic E-state index is 3.53. The zero-order valence-electron chi connectivity index (χ0n) is 11.2. The number of nitrogens with one attached hydrogen (secondary N) is 1. The summed E-state index contributed by atoms with van der Waals surface area (Å²) in [7, 11) is 0. The molecule has 0 saturated carbocycles. The molecule has 0 heterocycles. The molecule has 0 aromatic heterocycles. The summed E-state index contributed by atoms with van der Waals surface area (Å²) in [5, 5.41) is 3.53. The van der Waals surface area contributed by atoms with Gasteiger partial charge in [-0.1, -0.05) is 41.5 Å². The molecule has 0 atom stereocenters. The van der Waals surface area contributed by atoms with Gasteiger partial charge in [0.05, 0.1) is 0 Å². The van der Waals surface area contributed by atoms with Crippen LogP contribution in [-0.2, 0) is 6.54 Å². The summed E-state index contributed by atoms with van der Waals surface area (Å²) in [6.45, 7) is 4.24. The highest BCUT2D eigenvalue weighted by Gasteiger charge is 2.02. The van der Waals surface area contributed by atoms with Crippen LogP contribution in [-0.4, -0.2) is 6.54 Å². The lowest BCUT2D eigenvalue weighted by Crippen LogP contribution is -2.15. The molecule has 0 saturated heterocycles. The summed E-state index contributed by atoms with van der Waals surface area (Å²) in [6.07, 6.45) is 9.08. The molecule has 100 valence electrons. The van der Waals surface area contributed by atoms with Gasteiger partial charge in [0.1, 0.15) is 0 Å². The van der Waals surface area contributed by atoms with Crippen LogP contribution in [0.4, 0.5) is 0 Å². The first kappa shape index (κ1) is 15.3. The van der Waals surface area contributed by atoms with Crippen LogP contribution in [0, 0.1) is 6.92 Å². The zero-order chi connectivity index (χ0) is 11.9. The Balaban J connectivity index is 0.00000162. The van der Waals surface area contributed by atoms with Gasteiger partial charge < -0.3 is 5.32 Å². The van der Waals surface area contributed by atoms with Crippen molar-refractivity contribution in [2.75, 3.05) is 6.54 Å². The highest BCUT2D eigenvalue weighted by atomic mass is 35.5. The van der Waals surface area contributed by atoms with Gasteiger partial charge in [0.25, 0.3) is 0 Å². The number of rotatable bonds is 5. The summed E-state index contributed by atoms with van der Waals surface area (Å²) >= 11 is 0. The number of benzene rings is 1. The maximum atomic E-state index is 3.53. The average molecular weight is 266 g/mol. The highest BCUT2D eigenvalue weighted by Crippen LogP contribution is 2.19. The molecule has 1 aliphatic carbocycles. The van der Waals surface area contributed by atoms with Crippen molar-refractivity contribution < 1.29 is 0 Å². The standard InChI is InChI=1S/C16H23N.ClH/c1-14-7-9-16(10-8-14)13-17-12-11-15-5-3-2-4-6-15;/h5,7-10,17H,2-4,6,11-13H2,1H3;1H. The number of aryl methyl sites for hydroxylation is 1. The molecule has 1 aliphatic rings. The van der Waals surface area contributed by atoms with Crippen molar-refractivity contribution in [1.29, 1.82) is 0 Å². The van der Waals surface area contributed by atoms with Crippen molar-refractivity contribution in [3.05, 3.63) is 47.0 Å². The third-order valence-corrected chi connectivity index (χ3v) is 3.46. The molecule has 0 radical (unpaired) electrons. The second kappa shape index (κ2) is 8.34. The van der Waals surface area contributed by atoms with Crippen molar-refractivity contribution in [2.45, 2.75) is 45.6 Å². The topological polar surface area (TPSA) is 12.0 Å². The van der Waals surface area contributed by atoms with Crippen molar-refractivity contribution in [3.63, 3.8) is 0 Å². The fraction of sp³-hybridized carbons (Fsp3) is 0.500. The van der Waals surface area contributed by atoms with Gasteiger partial charge in [0.2, 0.25) is 0 Å². The van der Waals surface area contributed by atoms with Gasteiger partial charge in [-0.25, -0.2) is 0 Å². The van der Waals surface area contributed by atoms with Crippen LogP contribution in [0.2, 0.25) is 0 Å². The third-order valence-electron chi connectivity index (χ3n) is 3.46. The van der Waals surface area contributed by atoms with Gasteiger partial charge in [0, 0.05) is 6.54 Å². The molecule has 1 aromatic rings. The van der Waals surface area contributed by atoms with Gasteiger partial charge in [-0.05, 0) is 51.1 Å². The molecular weight excluding hydrogens is 242 g/mol. The molecule has 2 heteroatoms. The Bertz CT molecular complexity index is 367. The molecule has 1 N–H and O–H groups in total. The summed E-state index contributed by atoms with van der Waals surface area (Å²) in [6, 6.07) is 8.78. The van der Waals surface area contributed by atoms with Gasteiger partial charge in [-0.3, -0.25) is 0 Å². The van der Waals surface area contributed by atoms with E-state index in [9.17, 15) is 0 Å². The Morgan fingerprint density at radius 3 is 2.56 bits per heavy atom. The minimum absolute atomic E-state index is 0. The number of allylic oxidation sites excluding steroid dienone is 1. The summed E-state index contributed by atoms with van der Waals surface area (Å²) in [4.78, 5) is 0. The van der Waals surface area contributed by atoms with E-state index >= 15 is 0 Å². The molecule has 0 aliphatic heterocycles. The summed E-state index contributed by atoms with van der Waals surface area (Å²) in [5.41, 5.74) is 4.38. The van der Waals surface area contributed by atoms with E-state index in [2.05, 4.69) is 42.6 Å². The Hall–Kier alpha value is -0.790. The fourth-order valence-electron chi connectivity index (χ4n) is 2.32. The predicted molar refractivity (Wildman–Crippen MR) is 81.3 cm³/mol. The third kappa shape index (κ3) is 5.24. The van der Waals surface area contributed by atoms with E-state index in [4.69, 9.17) is 0 Å². The molecule has 0 bridgehead atoms. The molecule has 1 nitrogen and oxygen atoms in total. The normalized spacial score (nSPS) is 14.8. The monoisotopic (exact) mass is 265 g/mol. The zero-order valence-corrected chi connectivity index (χ0v) is 12.1. The Kier molecular flexibility index (Phi) is 7.07. The molecule has 0 fully saturated rings. The smallest absolute Gasteiger partial charge is 0.0205 e. The summed E-state index contributed by atoms with van der Waals surface area (Å²) in [5.74, 6) is 0. The van der Waals surface area contributed by atoms with Crippen LogP contribution in [0.5, 0.6) is 0 Å². The molecule has 0 amide bonds. The molecule has 0 unspecified atom stereocenters. The fourth-order valence-corrected chi connectivity index (χ4v) is 2.32. The number of hydrogen-bond donors (Lipinski definition) is 1. The second-order valence-electron chi connectivity index (χ2n) is 5.02. The molecule has 0 spiro atoms. The Morgan fingerprint density at radius 2 is 1.89 bits per heavy atom. The van der Waals surface area contributed by atoms with E-state index < -0.39 is 0 Å². The first-order valence-electron chi connectivity index (χ1n) is 6.79. The van der Waals surface area contributed by atoms with Gasteiger partial charge in [-0.15, -0.1) is 12.4 Å². The molecule has 1 aromatic carbocycles. The minimum Gasteiger partial charge on any atom is -0.312 e. The summed E-state index contributed by atoms with van der Waals surface area (Å²) < 4.78 is 0. The van der Waals surface area contributed by atoms with E-state index in [0.29, 0.717) is 0 Å². The van der Waals surface area contributed by atoms with Crippen LogP contribution in [0.3, 0.4) is 0 Å². The lowest BCUT2D eigenvalue weighted by Gasteiger charge is -2.13. The Labute approximate surface area is 117 Å². The molecule has 18 heavy (non-hydrogen) atoms. The van der Waals surface area contributed by atoms with E-state index in [1.54, 1.807) is 5.57 Å². The first-order valence-corrected chi connectivity index (χ1v) is 6.79. The maximum Gasteiger partial charge on any atom is 0.0205 e. The van der Waals surface area contributed by atoms with Crippen LogP contribution >= 0.6 is 12.4 Å². The quantitative estimate of drug-likeness (QED) is 0.615. The van der Waals surface area contributed by atoms with Crippen molar-refractivity contribution in [2.24, 2.45) is 0 Å². The molecular formula is C16H24ClN. The van der Waals surface area contributed by atoms with Crippen molar-refractivity contribution in [1.82, 2.24) is 5.32 Å². The van der Waals surface area contributed by atoms with Gasteiger partial charge >= 0.3 is 0 Å². The van der Waals surface area contributed by atoms with E-state index in [0.717, 1.165) is 13.1 Å².